The third-order valence-electron chi connectivity index (χ3n) is 2.33. The van der Waals surface area contributed by atoms with Gasteiger partial charge in [0.25, 0.3) is 0 Å². The van der Waals surface area contributed by atoms with Gasteiger partial charge in [0.2, 0.25) is 0 Å². The monoisotopic (exact) mass is 233 g/mol. The van der Waals surface area contributed by atoms with Crippen molar-refractivity contribution in [1.29, 1.82) is 0 Å². The van der Waals surface area contributed by atoms with Crippen molar-refractivity contribution < 1.29 is 0 Å². The fourth-order valence-electron chi connectivity index (χ4n) is 1.49. The van der Waals surface area contributed by atoms with E-state index in [0.29, 0.717) is 0 Å². The maximum Gasteiger partial charge on any atom is 0.0942 e. The van der Waals surface area contributed by atoms with Crippen molar-refractivity contribution in [3.63, 3.8) is 0 Å². The largest absolute Gasteiger partial charge is 0.399 e. The zero-order chi connectivity index (χ0) is 11.5. The van der Waals surface area contributed by atoms with E-state index in [9.17, 15) is 0 Å². The number of rotatable bonds is 3. The number of nitrogens with zero attached hydrogens (tertiary/aromatic N) is 2. The number of anilines is 1. The molecule has 0 saturated heterocycles. The summed E-state index contributed by atoms with van der Waals surface area (Å²) in [5.74, 6) is 0.944. The first-order valence-corrected chi connectivity index (χ1v) is 6.11. The molecule has 0 saturated carbocycles. The number of nitrogens with two attached hydrogens (primary N) is 1. The SMILES string of the molecule is Cc1cc(SCc2ccc(N)cc2)n(C)n1. The minimum Gasteiger partial charge on any atom is -0.399 e. The van der Waals surface area contributed by atoms with E-state index in [1.807, 2.05) is 30.8 Å². The van der Waals surface area contributed by atoms with Gasteiger partial charge in [-0.2, -0.15) is 5.10 Å². The molecule has 1 aromatic carbocycles. The van der Waals surface area contributed by atoms with Crippen LogP contribution >= 0.6 is 11.8 Å². The molecule has 0 radical (unpaired) electrons. The average Bonchev–Trinajstić information content (AvgIpc) is 2.57. The zero-order valence-corrected chi connectivity index (χ0v) is 10.3. The van der Waals surface area contributed by atoms with Crippen molar-refractivity contribution >= 4 is 17.4 Å². The molecule has 0 amide bonds. The molecule has 0 bridgehead atoms. The number of hydrogen-bond donors (Lipinski definition) is 1. The van der Waals surface area contributed by atoms with Crippen LogP contribution in [0.3, 0.4) is 0 Å². The molecular weight excluding hydrogens is 218 g/mol. The molecule has 0 aliphatic heterocycles. The van der Waals surface area contributed by atoms with E-state index in [-0.39, 0.29) is 0 Å². The Bertz CT molecular complexity index is 474. The first-order chi connectivity index (χ1) is 7.65. The summed E-state index contributed by atoms with van der Waals surface area (Å²) in [7, 11) is 1.97. The Morgan fingerprint density at radius 1 is 1.31 bits per heavy atom. The quantitative estimate of drug-likeness (QED) is 0.654. The summed E-state index contributed by atoms with van der Waals surface area (Å²) < 4.78 is 1.91. The first kappa shape index (κ1) is 11.1. The second-order valence-corrected chi connectivity index (χ2v) is 4.77. The van der Waals surface area contributed by atoms with E-state index < -0.39 is 0 Å². The summed E-state index contributed by atoms with van der Waals surface area (Å²) in [5, 5.41) is 5.50. The summed E-state index contributed by atoms with van der Waals surface area (Å²) >= 11 is 1.79. The lowest BCUT2D eigenvalue weighted by molar-refractivity contribution is 0.692. The number of thioether (sulfide) groups is 1. The summed E-state index contributed by atoms with van der Waals surface area (Å²) in [5.41, 5.74) is 8.78. The Morgan fingerprint density at radius 2 is 2.00 bits per heavy atom. The molecule has 4 heteroatoms. The van der Waals surface area contributed by atoms with Crippen LogP contribution in [0.2, 0.25) is 0 Å². The van der Waals surface area contributed by atoms with Gasteiger partial charge in [0.1, 0.15) is 0 Å². The van der Waals surface area contributed by atoms with Crippen molar-refractivity contribution in [1.82, 2.24) is 9.78 Å². The number of aromatic nitrogens is 2. The molecule has 0 atom stereocenters. The van der Waals surface area contributed by atoms with Crippen molar-refractivity contribution in [2.75, 3.05) is 5.73 Å². The molecule has 0 unspecified atom stereocenters. The van der Waals surface area contributed by atoms with Gasteiger partial charge < -0.3 is 5.73 Å². The highest BCUT2D eigenvalue weighted by atomic mass is 32.2. The van der Waals surface area contributed by atoms with Crippen LogP contribution in [0.1, 0.15) is 11.3 Å². The number of hydrogen-bond acceptors (Lipinski definition) is 3. The predicted molar refractivity (Wildman–Crippen MR) is 68.4 cm³/mol. The molecular formula is C12H15N3S. The van der Waals surface area contributed by atoms with Gasteiger partial charge in [0.15, 0.2) is 0 Å². The molecule has 1 aromatic heterocycles. The highest BCUT2D eigenvalue weighted by Gasteiger charge is 2.02. The van der Waals surface area contributed by atoms with E-state index in [2.05, 4.69) is 23.3 Å². The number of nitrogen functional groups attached to an aromatic ring is 1. The van der Waals surface area contributed by atoms with Crippen LogP contribution in [0.5, 0.6) is 0 Å². The van der Waals surface area contributed by atoms with Crippen LogP contribution in [-0.4, -0.2) is 9.78 Å². The lowest BCUT2D eigenvalue weighted by Crippen LogP contribution is -1.92. The topological polar surface area (TPSA) is 43.8 Å². The highest BCUT2D eigenvalue weighted by molar-refractivity contribution is 7.98. The van der Waals surface area contributed by atoms with Crippen LogP contribution in [0.25, 0.3) is 0 Å². The Hall–Kier alpha value is -1.42. The molecule has 1 heterocycles. The second kappa shape index (κ2) is 4.61. The van der Waals surface area contributed by atoms with E-state index in [0.717, 1.165) is 17.1 Å². The Labute approximate surface area is 99.7 Å². The van der Waals surface area contributed by atoms with E-state index in [1.54, 1.807) is 11.8 Å². The van der Waals surface area contributed by atoms with Crippen molar-refractivity contribution in [3.8, 4) is 0 Å². The second-order valence-electron chi connectivity index (χ2n) is 3.78. The van der Waals surface area contributed by atoms with E-state index >= 15 is 0 Å². The van der Waals surface area contributed by atoms with Crippen molar-refractivity contribution in [2.24, 2.45) is 7.05 Å². The lowest BCUT2D eigenvalue weighted by atomic mass is 10.2. The van der Waals surface area contributed by atoms with Gasteiger partial charge in [-0.15, -0.1) is 11.8 Å². The minimum atomic E-state index is 0.810. The molecule has 0 aliphatic carbocycles. The summed E-state index contributed by atoms with van der Waals surface area (Å²) in [6.45, 7) is 2.01. The standard InChI is InChI=1S/C12H15N3S/c1-9-7-12(15(2)14-9)16-8-10-3-5-11(13)6-4-10/h3-7H,8,13H2,1-2H3. The third-order valence-corrected chi connectivity index (χ3v) is 3.48. The summed E-state index contributed by atoms with van der Waals surface area (Å²) in [6, 6.07) is 10.1. The smallest absolute Gasteiger partial charge is 0.0942 e. The summed E-state index contributed by atoms with van der Waals surface area (Å²) in [6.07, 6.45) is 0. The molecule has 2 N–H and O–H groups in total. The average molecular weight is 233 g/mol. The number of benzene rings is 1. The Balaban J connectivity index is 2.02. The number of aryl methyl sites for hydroxylation is 2. The maximum absolute atomic E-state index is 5.64. The first-order valence-electron chi connectivity index (χ1n) is 5.13. The summed E-state index contributed by atoms with van der Waals surface area (Å²) in [4.78, 5) is 0. The van der Waals surface area contributed by atoms with Gasteiger partial charge in [0, 0.05) is 18.5 Å². The van der Waals surface area contributed by atoms with Crippen LogP contribution in [0, 0.1) is 6.92 Å². The zero-order valence-electron chi connectivity index (χ0n) is 9.47. The highest BCUT2D eigenvalue weighted by Crippen LogP contribution is 2.23. The third kappa shape index (κ3) is 2.58. The molecule has 2 rings (SSSR count). The fraction of sp³-hybridized carbons (Fsp3) is 0.250. The normalized spacial score (nSPS) is 10.6. The molecule has 0 aliphatic rings. The Kier molecular flexibility index (Phi) is 3.19. The predicted octanol–water partition coefficient (Wildman–Crippen LogP) is 2.60. The molecule has 2 aromatic rings. The molecule has 84 valence electrons. The lowest BCUT2D eigenvalue weighted by Gasteiger charge is -2.02. The molecule has 0 fully saturated rings. The van der Waals surface area contributed by atoms with Crippen LogP contribution in [0.15, 0.2) is 35.4 Å². The molecule has 16 heavy (non-hydrogen) atoms. The van der Waals surface area contributed by atoms with E-state index in [4.69, 9.17) is 5.73 Å². The van der Waals surface area contributed by atoms with Crippen LogP contribution in [0.4, 0.5) is 5.69 Å². The van der Waals surface area contributed by atoms with Gasteiger partial charge >= 0.3 is 0 Å². The van der Waals surface area contributed by atoms with Gasteiger partial charge in [-0.25, -0.2) is 0 Å². The van der Waals surface area contributed by atoms with Gasteiger partial charge in [-0.3, -0.25) is 4.68 Å². The van der Waals surface area contributed by atoms with Crippen LogP contribution < -0.4 is 5.73 Å². The van der Waals surface area contributed by atoms with Gasteiger partial charge in [-0.1, -0.05) is 12.1 Å². The Morgan fingerprint density at radius 3 is 2.56 bits per heavy atom. The fourth-order valence-corrected chi connectivity index (χ4v) is 2.48. The molecule has 0 spiro atoms. The van der Waals surface area contributed by atoms with Crippen molar-refractivity contribution in [2.45, 2.75) is 17.7 Å². The minimum absolute atomic E-state index is 0.810. The maximum atomic E-state index is 5.64. The molecule has 3 nitrogen and oxygen atoms in total. The van der Waals surface area contributed by atoms with Gasteiger partial charge in [0.05, 0.1) is 10.7 Å². The van der Waals surface area contributed by atoms with E-state index in [1.165, 1.54) is 10.6 Å². The van der Waals surface area contributed by atoms with Gasteiger partial charge in [-0.05, 0) is 30.7 Å². The van der Waals surface area contributed by atoms with Crippen LogP contribution in [-0.2, 0) is 12.8 Å². The van der Waals surface area contributed by atoms with Crippen molar-refractivity contribution in [3.05, 3.63) is 41.6 Å².